The van der Waals surface area contributed by atoms with E-state index in [2.05, 4.69) is 25.6 Å². The van der Waals surface area contributed by atoms with E-state index < -0.39 is 0 Å². The lowest BCUT2D eigenvalue weighted by molar-refractivity contribution is 0.701. The molecule has 2 aromatic heterocycles. The number of nitrogens with zero attached hydrogens (tertiary/aromatic N) is 3. The largest absolute Gasteiger partial charge is 0.348 e. The Bertz CT molecular complexity index is 714. The highest BCUT2D eigenvalue weighted by atomic mass is 35.5. The van der Waals surface area contributed by atoms with Crippen molar-refractivity contribution in [2.75, 3.05) is 0 Å². The number of aromatic amines is 1. The Labute approximate surface area is 122 Å². The van der Waals surface area contributed by atoms with E-state index in [0.29, 0.717) is 0 Å². The van der Waals surface area contributed by atoms with Crippen molar-refractivity contribution in [2.24, 2.45) is 0 Å². The first kappa shape index (κ1) is 12.9. The Balaban J connectivity index is 1.82. The average molecular weight is 287 g/mol. The first-order valence-corrected chi connectivity index (χ1v) is 6.88. The zero-order valence-electron chi connectivity index (χ0n) is 11.2. The van der Waals surface area contributed by atoms with Crippen LogP contribution in [0.15, 0.2) is 43.0 Å². The van der Waals surface area contributed by atoms with Crippen molar-refractivity contribution in [3.05, 3.63) is 59.3 Å². The van der Waals surface area contributed by atoms with Crippen LogP contribution in [0.3, 0.4) is 0 Å². The Morgan fingerprint density at radius 2 is 2.10 bits per heavy atom. The van der Waals surface area contributed by atoms with Crippen LogP contribution in [-0.2, 0) is 13.0 Å². The van der Waals surface area contributed by atoms with Crippen LogP contribution in [-0.4, -0.2) is 19.5 Å². The first-order valence-electron chi connectivity index (χ1n) is 6.50. The van der Waals surface area contributed by atoms with Crippen LogP contribution in [0, 0.1) is 6.92 Å². The molecule has 0 unspecified atom stereocenters. The van der Waals surface area contributed by atoms with Crippen LogP contribution >= 0.6 is 11.6 Å². The summed E-state index contributed by atoms with van der Waals surface area (Å²) >= 11 is 6.19. The van der Waals surface area contributed by atoms with Crippen LogP contribution in [0.1, 0.15) is 11.3 Å². The Morgan fingerprint density at radius 1 is 1.25 bits per heavy atom. The fourth-order valence-corrected chi connectivity index (χ4v) is 2.46. The summed E-state index contributed by atoms with van der Waals surface area (Å²) in [5.41, 5.74) is 3.07. The second-order valence-electron chi connectivity index (χ2n) is 4.66. The second-order valence-corrected chi connectivity index (χ2v) is 5.07. The molecule has 1 N–H and O–H groups in total. The van der Waals surface area contributed by atoms with Gasteiger partial charge in [-0.2, -0.15) is 0 Å². The van der Waals surface area contributed by atoms with E-state index in [9.17, 15) is 0 Å². The highest BCUT2D eigenvalue weighted by Crippen LogP contribution is 2.20. The lowest BCUT2D eigenvalue weighted by Gasteiger charge is -2.08. The zero-order valence-corrected chi connectivity index (χ0v) is 11.9. The van der Waals surface area contributed by atoms with Gasteiger partial charge in [-0.25, -0.2) is 9.97 Å². The molecule has 5 heteroatoms. The summed E-state index contributed by atoms with van der Waals surface area (Å²) in [4.78, 5) is 11.8. The zero-order chi connectivity index (χ0) is 13.9. The SMILES string of the molecule is Cc1[nH]cnc1-c1nccn1CCc1ccccc1Cl. The fraction of sp³-hybridized carbons (Fsp3) is 0.200. The topological polar surface area (TPSA) is 46.5 Å². The van der Waals surface area contributed by atoms with E-state index in [0.717, 1.165) is 40.8 Å². The van der Waals surface area contributed by atoms with Gasteiger partial charge in [-0.05, 0) is 25.0 Å². The van der Waals surface area contributed by atoms with Gasteiger partial charge in [0.05, 0.1) is 6.33 Å². The maximum Gasteiger partial charge on any atom is 0.160 e. The number of imidazole rings is 2. The Morgan fingerprint density at radius 3 is 2.85 bits per heavy atom. The monoisotopic (exact) mass is 286 g/mol. The molecule has 0 bridgehead atoms. The van der Waals surface area contributed by atoms with E-state index in [1.165, 1.54) is 0 Å². The smallest absolute Gasteiger partial charge is 0.160 e. The number of aromatic nitrogens is 4. The molecule has 0 fully saturated rings. The maximum atomic E-state index is 6.19. The van der Waals surface area contributed by atoms with Crippen LogP contribution in [0.4, 0.5) is 0 Å². The molecule has 0 aliphatic rings. The molecule has 20 heavy (non-hydrogen) atoms. The summed E-state index contributed by atoms with van der Waals surface area (Å²) in [6.07, 6.45) is 6.33. The van der Waals surface area contributed by atoms with E-state index in [-0.39, 0.29) is 0 Å². The van der Waals surface area contributed by atoms with Crippen molar-refractivity contribution >= 4 is 11.6 Å². The van der Waals surface area contributed by atoms with E-state index in [1.54, 1.807) is 12.5 Å². The van der Waals surface area contributed by atoms with Gasteiger partial charge in [0.15, 0.2) is 5.82 Å². The number of hydrogen-bond acceptors (Lipinski definition) is 2. The number of nitrogens with one attached hydrogen (secondary N) is 1. The summed E-state index contributed by atoms with van der Waals surface area (Å²) in [5, 5.41) is 0.810. The van der Waals surface area contributed by atoms with E-state index in [4.69, 9.17) is 11.6 Å². The quantitative estimate of drug-likeness (QED) is 0.798. The average Bonchev–Trinajstić information content (AvgIpc) is 3.06. The van der Waals surface area contributed by atoms with Gasteiger partial charge in [-0.1, -0.05) is 29.8 Å². The first-order chi connectivity index (χ1) is 9.75. The molecule has 0 saturated heterocycles. The van der Waals surface area contributed by atoms with Crippen LogP contribution in [0.2, 0.25) is 5.02 Å². The molecular weight excluding hydrogens is 272 g/mol. The van der Waals surface area contributed by atoms with Gasteiger partial charge in [0, 0.05) is 29.7 Å². The summed E-state index contributed by atoms with van der Waals surface area (Å²) in [6.45, 7) is 2.82. The number of benzene rings is 1. The van der Waals surface area contributed by atoms with Gasteiger partial charge < -0.3 is 9.55 Å². The van der Waals surface area contributed by atoms with Crippen molar-refractivity contribution in [3.8, 4) is 11.5 Å². The van der Waals surface area contributed by atoms with Crippen molar-refractivity contribution in [2.45, 2.75) is 19.9 Å². The van der Waals surface area contributed by atoms with Gasteiger partial charge in [-0.15, -0.1) is 0 Å². The van der Waals surface area contributed by atoms with Crippen molar-refractivity contribution in [3.63, 3.8) is 0 Å². The van der Waals surface area contributed by atoms with Crippen LogP contribution < -0.4 is 0 Å². The van der Waals surface area contributed by atoms with Crippen LogP contribution in [0.5, 0.6) is 0 Å². The highest BCUT2D eigenvalue weighted by molar-refractivity contribution is 6.31. The predicted molar refractivity (Wildman–Crippen MR) is 79.7 cm³/mol. The molecule has 102 valence electrons. The molecular formula is C15H15ClN4. The number of H-pyrrole nitrogens is 1. The van der Waals surface area contributed by atoms with Crippen LogP contribution in [0.25, 0.3) is 11.5 Å². The molecule has 4 nitrogen and oxygen atoms in total. The molecule has 0 atom stereocenters. The molecule has 2 heterocycles. The standard InChI is InChI=1S/C15H15ClN4/c1-11-14(19-10-18-11)15-17-7-9-20(15)8-6-12-4-2-3-5-13(12)16/h2-5,7,9-10H,6,8H2,1H3,(H,18,19). The van der Waals surface area contributed by atoms with E-state index in [1.807, 2.05) is 31.3 Å². The minimum absolute atomic E-state index is 0.810. The minimum Gasteiger partial charge on any atom is -0.348 e. The molecule has 0 radical (unpaired) electrons. The predicted octanol–water partition coefficient (Wildman–Crippen LogP) is 3.48. The number of rotatable bonds is 4. The third-order valence-corrected chi connectivity index (χ3v) is 3.71. The summed E-state index contributed by atoms with van der Waals surface area (Å²) in [5.74, 6) is 0.885. The lowest BCUT2D eigenvalue weighted by Crippen LogP contribution is -2.03. The van der Waals surface area contributed by atoms with Crippen molar-refractivity contribution < 1.29 is 0 Å². The molecule has 0 saturated carbocycles. The Kier molecular flexibility index (Phi) is 3.56. The van der Waals surface area contributed by atoms with Gasteiger partial charge in [0.1, 0.15) is 5.69 Å². The van der Waals surface area contributed by atoms with Gasteiger partial charge in [0.2, 0.25) is 0 Å². The summed E-state index contributed by atoms with van der Waals surface area (Å²) < 4.78 is 2.10. The molecule has 3 rings (SSSR count). The normalized spacial score (nSPS) is 10.9. The summed E-state index contributed by atoms with van der Waals surface area (Å²) in [6, 6.07) is 7.93. The third kappa shape index (κ3) is 2.47. The second kappa shape index (κ2) is 5.51. The molecule has 0 aliphatic carbocycles. The van der Waals surface area contributed by atoms with Crippen molar-refractivity contribution in [1.29, 1.82) is 0 Å². The Hall–Kier alpha value is -2.07. The van der Waals surface area contributed by atoms with Gasteiger partial charge >= 0.3 is 0 Å². The van der Waals surface area contributed by atoms with Gasteiger partial charge in [-0.3, -0.25) is 0 Å². The van der Waals surface area contributed by atoms with Crippen molar-refractivity contribution in [1.82, 2.24) is 19.5 Å². The number of aryl methyl sites for hydroxylation is 3. The highest BCUT2D eigenvalue weighted by Gasteiger charge is 2.11. The molecule has 0 amide bonds. The lowest BCUT2D eigenvalue weighted by atomic mass is 10.1. The van der Waals surface area contributed by atoms with E-state index >= 15 is 0 Å². The number of halogens is 1. The maximum absolute atomic E-state index is 6.19. The fourth-order valence-electron chi connectivity index (χ4n) is 2.23. The molecule has 0 aliphatic heterocycles. The van der Waals surface area contributed by atoms with Gasteiger partial charge in [0.25, 0.3) is 0 Å². The molecule has 3 aromatic rings. The third-order valence-electron chi connectivity index (χ3n) is 3.34. The number of hydrogen-bond donors (Lipinski definition) is 1. The molecule has 1 aromatic carbocycles. The minimum atomic E-state index is 0.810. The summed E-state index contributed by atoms with van der Waals surface area (Å²) in [7, 11) is 0. The molecule has 0 spiro atoms.